The van der Waals surface area contributed by atoms with Crippen LogP contribution >= 0.6 is 0 Å². The van der Waals surface area contributed by atoms with Crippen LogP contribution in [0.3, 0.4) is 0 Å². The lowest BCUT2D eigenvalue weighted by atomic mass is 10.1. The Morgan fingerprint density at radius 3 is 2.00 bits per heavy atom. The molecule has 0 spiro atoms. The third-order valence-corrected chi connectivity index (χ3v) is 3.87. The first-order chi connectivity index (χ1) is 9.49. The van der Waals surface area contributed by atoms with Crippen LogP contribution in [0, 0.1) is 11.8 Å². The molecule has 0 radical (unpaired) electrons. The highest BCUT2D eigenvalue weighted by Gasteiger charge is 2.19. The van der Waals surface area contributed by atoms with E-state index in [0.29, 0.717) is 24.3 Å². The summed E-state index contributed by atoms with van der Waals surface area (Å²) in [5.41, 5.74) is 0. The molecule has 1 rings (SSSR count). The van der Waals surface area contributed by atoms with E-state index in [1.54, 1.807) is 0 Å². The molecule has 0 aromatic heterocycles. The number of hydrogen-bond donors (Lipinski definition) is 1. The third-order valence-electron chi connectivity index (χ3n) is 3.87. The maximum Gasteiger partial charge on any atom is 0.236 e. The normalized spacial score (nSPS) is 16.4. The molecule has 4 nitrogen and oxygen atoms in total. The molecule has 0 bridgehead atoms. The van der Waals surface area contributed by atoms with Gasteiger partial charge in [0.15, 0.2) is 0 Å². The Morgan fingerprint density at radius 1 is 1.05 bits per heavy atom. The summed E-state index contributed by atoms with van der Waals surface area (Å²) in [6.07, 6.45) is 2.35. The maximum atomic E-state index is 12.4. The highest BCUT2D eigenvalue weighted by atomic mass is 16.2. The number of rotatable bonds is 8. The predicted molar refractivity (Wildman–Crippen MR) is 84.8 cm³/mol. The van der Waals surface area contributed by atoms with Gasteiger partial charge in [-0.3, -0.25) is 9.69 Å². The van der Waals surface area contributed by atoms with Crippen LogP contribution in [0.4, 0.5) is 0 Å². The Labute approximate surface area is 124 Å². The molecule has 0 atom stereocenters. The van der Waals surface area contributed by atoms with Gasteiger partial charge in [-0.15, -0.1) is 0 Å². The van der Waals surface area contributed by atoms with Gasteiger partial charge >= 0.3 is 0 Å². The van der Waals surface area contributed by atoms with E-state index in [0.717, 1.165) is 39.3 Å². The van der Waals surface area contributed by atoms with Crippen molar-refractivity contribution < 1.29 is 4.79 Å². The lowest BCUT2D eigenvalue weighted by Gasteiger charge is -2.31. The van der Waals surface area contributed by atoms with Crippen molar-refractivity contribution in [2.75, 3.05) is 45.8 Å². The Kier molecular flexibility index (Phi) is 8.15. The van der Waals surface area contributed by atoms with Gasteiger partial charge in [0, 0.05) is 26.2 Å². The van der Waals surface area contributed by atoms with Crippen molar-refractivity contribution in [3.05, 3.63) is 0 Å². The number of piperazine rings is 1. The predicted octanol–water partition coefficient (Wildman–Crippen LogP) is 1.81. The van der Waals surface area contributed by atoms with E-state index >= 15 is 0 Å². The molecule has 0 aliphatic carbocycles. The van der Waals surface area contributed by atoms with Crippen molar-refractivity contribution in [3.63, 3.8) is 0 Å². The standard InChI is InChI=1S/C16H33N3O/c1-14(2)5-9-18(10-6-15(3)4)13-16(20)19-11-7-17-8-12-19/h14-15,17H,5-13H2,1-4H3. The Balaban J connectivity index is 2.41. The second-order valence-corrected chi connectivity index (χ2v) is 6.77. The molecule has 1 heterocycles. The molecule has 1 aliphatic heterocycles. The second kappa shape index (κ2) is 9.35. The maximum absolute atomic E-state index is 12.4. The number of carbonyl (C=O) groups excluding carboxylic acids is 1. The van der Waals surface area contributed by atoms with Crippen LogP contribution in [0.25, 0.3) is 0 Å². The number of hydrogen-bond acceptors (Lipinski definition) is 3. The van der Waals surface area contributed by atoms with Crippen LogP contribution in [0.2, 0.25) is 0 Å². The summed E-state index contributed by atoms with van der Waals surface area (Å²) in [4.78, 5) is 16.7. The smallest absolute Gasteiger partial charge is 0.236 e. The Hall–Kier alpha value is -0.610. The molecule has 118 valence electrons. The molecule has 20 heavy (non-hydrogen) atoms. The zero-order valence-corrected chi connectivity index (χ0v) is 13.8. The van der Waals surface area contributed by atoms with Crippen molar-refractivity contribution in [1.82, 2.24) is 15.1 Å². The first-order valence-electron chi connectivity index (χ1n) is 8.20. The van der Waals surface area contributed by atoms with Crippen LogP contribution < -0.4 is 5.32 Å². The Bertz CT molecular complexity index is 261. The SMILES string of the molecule is CC(C)CCN(CCC(C)C)CC(=O)N1CCNCC1. The summed E-state index contributed by atoms with van der Waals surface area (Å²) < 4.78 is 0. The van der Waals surface area contributed by atoms with Gasteiger partial charge in [0.25, 0.3) is 0 Å². The molecule has 0 saturated carbocycles. The second-order valence-electron chi connectivity index (χ2n) is 6.77. The van der Waals surface area contributed by atoms with Gasteiger partial charge in [0.05, 0.1) is 6.54 Å². The molecule has 1 fully saturated rings. The van der Waals surface area contributed by atoms with Crippen molar-refractivity contribution >= 4 is 5.91 Å². The van der Waals surface area contributed by atoms with Crippen LogP contribution in [0.15, 0.2) is 0 Å². The van der Waals surface area contributed by atoms with Gasteiger partial charge in [-0.25, -0.2) is 0 Å². The first kappa shape index (κ1) is 17.4. The van der Waals surface area contributed by atoms with Gasteiger partial charge < -0.3 is 10.2 Å². The van der Waals surface area contributed by atoms with E-state index < -0.39 is 0 Å². The third kappa shape index (κ3) is 7.25. The average Bonchev–Trinajstić information content (AvgIpc) is 2.42. The molecule has 0 aromatic rings. The highest BCUT2D eigenvalue weighted by Crippen LogP contribution is 2.07. The van der Waals surface area contributed by atoms with Crippen molar-refractivity contribution in [1.29, 1.82) is 0 Å². The van der Waals surface area contributed by atoms with E-state index in [1.807, 2.05) is 4.90 Å². The molecule has 0 unspecified atom stereocenters. The summed E-state index contributed by atoms with van der Waals surface area (Å²) in [5.74, 6) is 1.70. The number of nitrogens with zero attached hydrogens (tertiary/aromatic N) is 2. The van der Waals surface area contributed by atoms with E-state index in [2.05, 4.69) is 37.9 Å². The van der Waals surface area contributed by atoms with Gasteiger partial charge in [-0.2, -0.15) is 0 Å². The van der Waals surface area contributed by atoms with Gasteiger partial charge in [0.2, 0.25) is 5.91 Å². The fourth-order valence-corrected chi connectivity index (χ4v) is 2.36. The van der Waals surface area contributed by atoms with Gasteiger partial charge in [-0.05, 0) is 37.8 Å². The minimum Gasteiger partial charge on any atom is -0.339 e. The van der Waals surface area contributed by atoms with Crippen LogP contribution in [-0.4, -0.2) is 61.5 Å². The van der Waals surface area contributed by atoms with E-state index in [1.165, 1.54) is 12.8 Å². The largest absolute Gasteiger partial charge is 0.339 e. The lowest BCUT2D eigenvalue weighted by Crippen LogP contribution is -2.49. The minimum absolute atomic E-state index is 0.305. The summed E-state index contributed by atoms with van der Waals surface area (Å²) in [5, 5.41) is 3.30. The van der Waals surface area contributed by atoms with Crippen LogP contribution in [0.5, 0.6) is 0 Å². The summed E-state index contributed by atoms with van der Waals surface area (Å²) in [6, 6.07) is 0. The van der Waals surface area contributed by atoms with E-state index in [4.69, 9.17) is 0 Å². The first-order valence-corrected chi connectivity index (χ1v) is 8.20. The topological polar surface area (TPSA) is 35.6 Å². The Morgan fingerprint density at radius 2 is 1.55 bits per heavy atom. The molecular weight excluding hydrogens is 250 g/mol. The molecular formula is C16H33N3O. The van der Waals surface area contributed by atoms with Crippen molar-refractivity contribution in [2.24, 2.45) is 11.8 Å². The summed E-state index contributed by atoms with van der Waals surface area (Å²) >= 11 is 0. The van der Waals surface area contributed by atoms with E-state index in [9.17, 15) is 4.79 Å². The molecule has 1 aliphatic rings. The molecule has 1 saturated heterocycles. The van der Waals surface area contributed by atoms with E-state index in [-0.39, 0.29) is 0 Å². The average molecular weight is 283 g/mol. The fraction of sp³-hybridized carbons (Fsp3) is 0.938. The van der Waals surface area contributed by atoms with Crippen LogP contribution in [-0.2, 0) is 4.79 Å². The molecule has 1 amide bonds. The van der Waals surface area contributed by atoms with Gasteiger partial charge in [0.1, 0.15) is 0 Å². The molecule has 1 N–H and O–H groups in total. The zero-order chi connectivity index (χ0) is 15.0. The zero-order valence-electron chi connectivity index (χ0n) is 13.8. The number of amides is 1. The summed E-state index contributed by atoms with van der Waals surface area (Å²) in [7, 11) is 0. The van der Waals surface area contributed by atoms with Crippen LogP contribution in [0.1, 0.15) is 40.5 Å². The number of nitrogens with one attached hydrogen (secondary N) is 1. The summed E-state index contributed by atoms with van der Waals surface area (Å²) in [6.45, 7) is 15.3. The lowest BCUT2D eigenvalue weighted by molar-refractivity contribution is -0.133. The fourth-order valence-electron chi connectivity index (χ4n) is 2.36. The highest BCUT2D eigenvalue weighted by molar-refractivity contribution is 5.78. The minimum atomic E-state index is 0.305. The van der Waals surface area contributed by atoms with Gasteiger partial charge in [-0.1, -0.05) is 27.7 Å². The van der Waals surface area contributed by atoms with Crippen molar-refractivity contribution in [2.45, 2.75) is 40.5 Å². The van der Waals surface area contributed by atoms with Crippen molar-refractivity contribution in [3.8, 4) is 0 Å². The molecule has 4 heteroatoms. The number of carbonyl (C=O) groups is 1. The molecule has 0 aromatic carbocycles. The monoisotopic (exact) mass is 283 g/mol. The quantitative estimate of drug-likeness (QED) is 0.738.